The van der Waals surface area contributed by atoms with E-state index in [4.69, 9.17) is 4.98 Å². The van der Waals surface area contributed by atoms with Gasteiger partial charge in [0.15, 0.2) is 11.5 Å². The number of hydrogen-bond acceptors (Lipinski definition) is 6. The van der Waals surface area contributed by atoms with Crippen LogP contribution in [0.2, 0.25) is 0 Å². The zero-order valence-corrected chi connectivity index (χ0v) is 21.6. The lowest BCUT2D eigenvalue weighted by molar-refractivity contribution is -0.284. The van der Waals surface area contributed by atoms with Crippen molar-refractivity contribution in [1.29, 1.82) is 0 Å². The summed E-state index contributed by atoms with van der Waals surface area (Å²) in [6.45, 7) is 3.02. The van der Waals surface area contributed by atoms with Crippen LogP contribution in [0.15, 0.2) is 42.9 Å². The number of alkyl halides is 5. The summed E-state index contributed by atoms with van der Waals surface area (Å²) < 4.78 is 81.1. The first-order valence-electron chi connectivity index (χ1n) is 12.9. The first-order valence-corrected chi connectivity index (χ1v) is 12.9. The smallest absolute Gasteiger partial charge is 0.356 e. The van der Waals surface area contributed by atoms with Crippen LogP contribution in [0, 0.1) is 5.82 Å². The lowest BCUT2D eigenvalue weighted by Crippen LogP contribution is -2.36. The predicted molar refractivity (Wildman–Crippen MR) is 136 cm³/mol. The summed E-state index contributed by atoms with van der Waals surface area (Å²) in [6.07, 6.45) is -1.75. The Bertz CT molecular complexity index is 1650. The van der Waals surface area contributed by atoms with Gasteiger partial charge >= 0.3 is 12.1 Å². The monoisotopic (exact) mass is 575 g/mol. The number of imidazole rings is 1. The first kappa shape index (κ1) is 27.0. The van der Waals surface area contributed by atoms with Gasteiger partial charge in [-0.15, -0.1) is 0 Å². The molecular weight excluding hydrogens is 552 g/mol. The number of nitrogens with zero attached hydrogens (tertiary/aromatic N) is 6. The first-order chi connectivity index (χ1) is 19.4. The molecule has 0 saturated carbocycles. The van der Waals surface area contributed by atoms with E-state index < -0.39 is 36.2 Å². The van der Waals surface area contributed by atoms with Crippen molar-refractivity contribution < 1.29 is 31.1 Å². The number of carbonyl (C=O) groups is 1. The Morgan fingerprint density at radius 1 is 1.02 bits per heavy atom. The summed E-state index contributed by atoms with van der Waals surface area (Å²) in [5.74, 6) is -5.02. The molecule has 2 aliphatic rings. The van der Waals surface area contributed by atoms with E-state index in [1.807, 2.05) is 4.90 Å². The SMILES string of the molecule is CC1(c2ccc(F)cc2)C(=O)Nc2nc(-c3cn4ccnc4c(CCC(F)(F)C(F)(F)F)n3)nc(N3CCCC3)c21. The minimum absolute atomic E-state index is 0.0498. The van der Waals surface area contributed by atoms with Gasteiger partial charge in [0.25, 0.3) is 0 Å². The molecule has 14 heteroatoms. The third-order valence-electron chi connectivity index (χ3n) is 7.67. The number of halogens is 6. The molecule has 2 aliphatic heterocycles. The number of fused-ring (bicyclic) bond motifs is 2. The maximum Gasteiger partial charge on any atom is 0.453 e. The average molecular weight is 576 g/mol. The molecule has 8 nitrogen and oxygen atoms in total. The number of aromatic nitrogens is 5. The van der Waals surface area contributed by atoms with Gasteiger partial charge in [-0.3, -0.25) is 4.79 Å². The Morgan fingerprint density at radius 3 is 2.41 bits per heavy atom. The number of nitrogens with one attached hydrogen (secondary N) is 1. The molecule has 41 heavy (non-hydrogen) atoms. The topological polar surface area (TPSA) is 88.3 Å². The molecule has 0 bridgehead atoms. The van der Waals surface area contributed by atoms with Gasteiger partial charge in [-0.05, 0) is 43.9 Å². The predicted octanol–water partition coefficient (Wildman–Crippen LogP) is 5.31. The minimum atomic E-state index is -5.70. The molecule has 1 fully saturated rings. The highest BCUT2D eigenvalue weighted by Crippen LogP contribution is 2.47. The van der Waals surface area contributed by atoms with Gasteiger partial charge in [0.1, 0.15) is 28.6 Å². The summed E-state index contributed by atoms with van der Waals surface area (Å²) in [7, 11) is 0. The molecule has 5 heterocycles. The number of aryl methyl sites for hydroxylation is 1. The number of hydrogen-bond donors (Lipinski definition) is 1. The van der Waals surface area contributed by atoms with Crippen LogP contribution in [0.3, 0.4) is 0 Å². The van der Waals surface area contributed by atoms with Crippen LogP contribution in [0.4, 0.5) is 38.0 Å². The molecular formula is C27H23F6N7O. The maximum absolute atomic E-state index is 13.7. The fourth-order valence-electron chi connectivity index (χ4n) is 5.37. The Labute approximate surface area is 229 Å². The molecule has 1 saturated heterocycles. The summed E-state index contributed by atoms with van der Waals surface area (Å²) in [5.41, 5.74) is -0.0384. The van der Waals surface area contributed by atoms with Crippen LogP contribution < -0.4 is 10.2 Å². The Morgan fingerprint density at radius 2 is 1.73 bits per heavy atom. The van der Waals surface area contributed by atoms with Crippen molar-refractivity contribution >= 4 is 23.2 Å². The highest BCUT2D eigenvalue weighted by atomic mass is 19.4. The molecule has 214 valence electrons. The van der Waals surface area contributed by atoms with Crippen molar-refractivity contribution in [3.63, 3.8) is 0 Å². The van der Waals surface area contributed by atoms with Crippen molar-refractivity contribution in [2.45, 2.75) is 50.1 Å². The Balaban J connectivity index is 1.48. The largest absolute Gasteiger partial charge is 0.453 e. The van der Waals surface area contributed by atoms with E-state index in [2.05, 4.69) is 20.3 Å². The van der Waals surface area contributed by atoms with E-state index in [9.17, 15) is 31.1 Å². The van der Waals surface area contributed by atoms with Crippen molar-refractivity contribution in [1.82, 2.24) is 24.3 Å². The van der Waals surface area contributed by atoms with Crippen LogP contribution in [0.1, 0.15) is 43.0 Å². The van der Waals surface area contributed by atoms with Crippen molar-refractivity contribution in [2.24, 2.45) is 0 Å². The average Bonchev–Trinajstić information content (AvgIpc) is 3.67. The number of anilines is 2. The van der Waals surface area contributed by atoms with E-state index in [1.54, 1.807) is 6.92 Å². The second-order valence-corrected chi connectivity index (χ2v) is 10.3. The van der Waals surface area contributed by atoms with E-state index in [-0.39, 0.29) is 34.6 Å². The minimum Gasteiger partial charge on any atom is -0.356 e. The fourth-order valence-corrected chi connectivity index (χ4v) is 5.37. The van der Waals surface area contributed by atoms with Gasteiger partial charge in [-0.25, -0.2) is 24.3 Å². The Kier molecular flexibility index (Phi) is 6.19. The van der Waals surface area contributed by atoms with Gasteiger partial charge < -0.3 is 14.6 Å². The van der Waals surface area contributed by atoms with Gasteiger partial charge in [0.2, 0.25) is 5.91 Å². The van der Waals surface area contributed by atoms with Crippen molar-refractivity contribution in [3.05, 3.63) is 65.5 Å². The summed E-state index contributed by atoms with van der Waals surface area (Å²) >= 11 is 0. The van der Waals surface area contributed by atoms with Gasteiger partial charge in [-0.2, -0.15) is 22.0 Å². The number of rotatable bonds is 6. The number of benzene rings is 1. The Hall–Kier alpha value is -4.23. The summed E-state index contributed by atoms with van der Waals surface area (Å²) in [4.78, 5) is 33.2. The molecule has 1 atom stereocenters. The van der Waals surface area contributed by atoms with Crippen LogP contribution in [0.25, 0.3) is 17.2 Å². The zero-order valence-electron chi connectivity index (χ0n) is 21.6. The molecule has 0 spiro atoms. The molecule has 0 radical (unpaired) electrons. The molecule has 4 aromatic rings. The number of carbonyl (C=O) groups excluding carboxylic acids is 1. The maximum atomic E-state index is 13.7. The van der Waals surface area contributed by atoms with E-state index in [0.29, 0.717) is 30.0 Å². The quantitative estimate of drug-likeness (QED) is 0.314. The summed E-state index contributed by atoms with van der Waals surface area (Å²) in [6, 6.07) is 5.60. The van der Waals surface area contributed by atoms with Crippen LogP contribution >= 0.6 is 0 Å². The zero-order chi connectivity index (χ0) is 29.2. The van der Waals surface area contributed by atoms with Gasteiger partial charge in [-0.1, -0.05) is 12.1 Å². The molecule has 1 aromatic carbocycles. The van der Waals surface area contributed by atoms with Crippen molar-refractivity contribution in [3.8, 4) is 11.5 Å². The van der Waals surface area contributed by atoms with Crippen LogP contribution in [-0.4, -0.2) is 55.4 Å². The highest BCUT2D eigenvalue weighted by Gasteiger charge is 2.56. The van der Waals surface area contributed by atoms with Crippen molar-refractivity contribution in [2.75, 3.05) is 23.3 Å². The van der Waals surface area contributed by atoms with E-state index in [1.165, 1.54) is 47.3 Å². The summed E-state index contributed by atoms with van der Waals surface area (Å²) in [5, 5.41) is 2.80. The highest BCUT2D eigenvalue weighted by molar-refractivity contribution is 6.09. The molecule has 1 amide bonds. The number of amides is 1. The molecule has 1 unspecified atom stereocenters. The second-order valence-electron chi connectivity index (χ2n) is 10.3. The van der Waals surface area contributed by atoms with Crippen LogP contribution in [-0.2, 0) is 16.6 Å². The fraction of sp³-hybridized carbons (Fsp3) is 0.370. The third-order valence-corrected chi connectivity index (χ3v) is 7.67. The molecule has 0 aliphatic carbocycles. The molecule has 6 rings (SSSR count). The second kappa shape index (κ2) is 9.42. The van der Waals surface area contributed by atoms with E-state index in [0.717, 1.165) is 12.8 Å². The lowest BCUT2D eigenvalue weighted by atomic mass is 9.77. The normalized spacial score (nSPS) is 19.2. The van der Waals surface area contributed by atoms with Gasteiger partial charge in [0, 0.05) is 38.1 Å². The third kappa shape index (κ3) is 4.45. The van der Waals surface area contributed by atoms with E-state index >= 15 is 0 Å². The standard InChI is InChI=1S/C27H23F6N7O/c1-25(15-4-6-16(28)7-5-15)19-21(38-24(25)41)36-20(37-23(19)39-11-2-3-12-39)18-14-40-13-10-34-22(40)17(35-18)8-9-26(29,30)27(31,32)33/h4-7,10,13-14H,2-3,8-9,11-12H2,1H3,(H,36,37,38,41). The molecule has 1 N–H and O–H groups in total. The lowest BCUT2D eigenvalue weighted by Gasteiger charge is -2.28. The molecule has 3 aromatic heterocycles. The van der Waals surface area contributed by atoms with Crippen LogP contribution in [0.5, 0.6) is 0 Å². The van der Waals surface area contributed by atoms with Gasteiger partial charge in [0.05, 0.1) is 11.3 Å².